The Morgan fingerprint density at radius 1 is 0.525 bits per heavy atom. The normalized spacial score (nSPS) is 10.1. The van der Waals surface area contributed by atoms with Crippen LogP contribution in [0.5, 0.6) is 46.0 Å². The molecular weight excluding hydrogens is 792 g/mol. The van der Waals surface area contributed by atoms with Gasteiger partial charge in [0.05, 0.1) is 61.3 Å². The van der Waals surface area contributed by atoms with Gasteiger partial charge in [0.25, 0.3) is 0 Å². The van der Waals surface area contributed by atoms with Gasteiger partial charge >= 0.3 is 0 Å². The molecule has 0 aliphatic heterocycles. The molecule has 0 aliphatic rings. The number of ether oxygens (including phenoxy) is 6. The van der Waals surface area contributed by atoms with Gasteiger partial charge in [-0.3, -0.25) is 9.97 Å². The van der Waals surface area contributed by atoms with Crippen molar-refractivity contribution in [2.75, 3.05) is 39.5 Å². The number of aromatic nitrogens is 2. The van der Waals surface area contributed by atoms with E-state index in [2.05, 4.69) is 21.4 Å². The summed E-state index contributed by atoms with van der Waals surface area (Å²) in [6.45, 7) is 0. The molecule has 0 saturated carbocycles. The van der Waals surface area contributed by atoms with Crippen molar-refractivity contribution in [1.29, 1.82) is 10.5 Å². The summed E-state index contributed by atoms with van der Waals surface area (Å²) in [6, 6.07) is 45.3. The van der Waals surface area contributed by atoms with Gasteiger partial charge in [-0.2, -0.15) is 10.5 Å². The molecule has 0 saturated heterocycles. The van der Waals surface area contributed by atoms with Crippen molar-refractivity contribution in [1.82, 2.24) is 9.97 Å². The van der Waals surface area contributed by atoms with Gasteiger partial charge in [-0.1, -0.05) is 48.0 Å². The number of nitrogens with one attached hydrogen (secondary N) is 1. The van der Waals surface area contributed by atoms with Crippen molar-refractivity contribution in [3.8, 4) is 58.1 Å². The minimum absolute atomic E-state index is 0.339. The first-order chi connectivity index (χ1) is 29.8. The van der Waals surface area contributed by atoms with E-state index in [4.69, 9.17) is 51.0 Å². The lowest BCUT2D eigenvalue weighted by atomic mass is 10.1. The van der Waals surface area contributed by atoms with Gasteiger partial charge in [-0.25, -0.2) is 0 Å². The van der Waals surface area contributed by atoms with Crippen molar-refractivity contribution < 1.29 is 28.4 Å². The molecule has 2 aromatic heterocycles. The molecule has 13 heteroatoms. The minimum atomic E-state index is 0.339. The van der Waals surface area contributed by atoms with E-state index in [0.717, 1.165) is 39.8 Å². The summed E-state index contributed by atoms with van der Waals surface area (Å²) in [6.07, 6.45) is 2.99. The average molecular weight is 831 g/mol. The van der Waals surface area contributed by atoms with Crippen molar-refractivity contribution in [2.45, 2.75) is 0 Å². The van der Waals surface area contributed by atoms with Crippen LogP contribution in [0.1, 0.15) is 11.1 Å². The standard InChI is InChI=1S/C24H19N3O3.C12H9ClN2O2.C12H11NO/c1-28-22-12-20-21(13-23(22)29-2)26-15-16(14-25)24(20)27-17-8-10-19(11-9-17)30-18-6-4-3-5-7-18;1-16-10-3-8-9(4-11(10)17-2)15-6-7(5-14)12(8)13;13-10-6-8-12(9-7-10)14-11-4-2-1-3-5-11/h3-13,15H,1-2H3,(H,26,27);3-4,6H,1-2H3;1-9H,13H2. The molecule has 0 radical (unpaired) electrons. The third kappa shape index (κ3) is 10.7. The highest BCUT2D eigenvalue weighted by atomic mass is 35.5. The van der Waals surface area contributed by atoms with E-state index in [9.17, 15) is 5.26 Å². The number of anilines is 3. The summed E-state index contributed by atoms with van der Waals surface area (Å²) in [7, 11) is 6.24. The Hall–Kier alpha value is -8.19. The zero-order chi connectivity index (χ0) is 43.1. The summed E-state index contributed by atoms with van der Waals surface area (Å²) >= 11 is 6.11. The number of para-hydroxylation sites is 2. The molecule has 6 aromatic carbocycles. The van der Waals surface area contributed by atoms with E-state index < -0.39 is 0 Å². The number of nitrogens with two attached hydrogens (primary N) is 1. The van der Waals surface area contributed by atoms with E-state index >= 15 is 0 Å². The fourth-order valence-corrected chi connectivity index (χ4v) is 6.08. The van der Waals surface area contributed by atoms with E-state index in [1.807, 2.05) is 121 Å². The van der Waals surface area contributed by atoms with Gasteiger partial charge in [-0.05, 0) is 84.9 Å². The van der Waals surface area contributed by atoms with E-state index in [-0.39, 0.29) is 0 Å². The Bertz CT molecular complexity index is 2820. The maximum absolute atomic E-state index is 9.59. The highest BCUT2D eigenvalue weighted by Gasteiger charge is 2.15. The van der Waals surface area contributed by atoms with Crippen LogP contribution in [0.4, 0.5) is 17.1 Å². The Labute approximate surface area is 357 Å². The first-order valence-corrected chi connectivity index (χ1v) is 18.9. The Morgan fingerprint density at radius 2 is 0.934 bits per heavy atom. The van der Waals surface area contributed by atoms with Gasteiger partial charge < -0.3 is 39.5 Å². The quantitative estimate of drug-likeness (QED) is 0.125. The van der Waals surface area contributed by atoms with E-state index in [1.165, 1.54) is 6.20 Å². The molecule has 0 amide bonds. The second-order valence-corrected chi connectivity index (χ2v) is 13.1. The summed E-state index contributed by atoms with van der Waals surface area (Å²) < 4.78 is 32.5. The predicted molar refractivity (Wildman–Crippen MR) is 238 cm³/mol. The molecule has 61 heavy (non-hydrogen) atoms. The molecule has 0 unspecified atom stereocenters. The molecule has 8 aromatic rings. The molecule has 0 fully saturated rings. The second-order valence-electron chi connectivity index (χ2n) is 12.8. The van der Waals surface area contributed by atoms with Crippen molar-refractivity contribution in [2.24, 2.45) is 0 Å². The number of fused-ring (bicyclic) bond motifs is 2. The molecule has 0 spiro atoms. The predicted octanol–water partition coefficient (Wildman–Crippen LogP) is 11.5. The van der Waals surface area contributed by atoms with Crippen LogP contribution in [-0.2, 0) is 0 Å². The highest BCUT2D eigenvalue weighted by molar-refractivity contribution is 6.36. The van der Waals surface area contributed by atoms with Crippen LogP contribution in [0, 0.1) is 22.7 Å². The summed E-state index contributed by atoms with van der Waals surface area (Å²) in [5.74, 6) is 5.39. The summed E-state index contributed by atoms with van der Waals surface area (Å²) in [5, 5.41) is 23.6. The number of hydrogen-bond donors (Lipinski definition) is 2. The molecule has 12 nitrogen and oxygen atoms in total. The zero-order valence-electron chi connectivity index (χ0n) is 33.6. The summed E-state index contributed by atoms with van der Waals surface area (Å²) in [4.78, 5) is 8.54. The van der Waals surface area contributed by atoms with Crippen LogP contribution in [-0.4, -0.2) is 38.4 Å². The largest absolute Gasteiger partial charge is 0.493 e. The lowest BCUT2D eigenvalue weighted by molar-refractivity contribution is 0.356. The van der Waals surface area contributed by atoms with E-state index in [1.54, 1.807) is 52.8 Å². The lowest BCUT2D eigenvalue weighted by Crippen LogP contribution is -1.98. The van der Waals surface area contributed by atoms with Crippen LogP contribution in [0.15, 0.2) is 146 Å². The van der Waals surface area contributed by atoms with Gasteiger partial charge in [0.15, 0.2) is 23.0 Å². The molecule has 304 valence electrons. The zero-order valence-corrected chi connectivity index (χ0v) is 34.3. The van der Waals surface area contributed by atoms with Crippen molar-refractivity contribution in [3.05, 3.63) is 162 Å². The number of benzene rings is 6. The highest BCUT2D eigenvalue weighted by Crippen LogP contribution is 2.38. The number of nitrogen functional groups attached to an aromatic ring is 1. The number of nitrogens with zero attached hydrogens (tertiary/aromatic N) is 4. The fourth-order valence-electron chi connectivity index (χ4n) is 5.84. The van der Waals surface area contributed by atoms with Gasteiger partial charge in [0, 0.05) is 46.7 Å². The number of pyridine rings is 2. The Balaban J connectivity index is 0.000000169. The molecule has 0 bridgehead atoms. The third-order valence-corrected chi connectivity index (χ3v) is 9.29. The SMILES string of the molecule is COc1cc2ncc(C#N)c(Cl)c2cc1OC.COc1cc2ncc(C#N)c(Nc3ccc(Oc4ccccc4)cc3)c2cc1OC.Nc1ccc(Oc2ccccc2)cc1. The molecule has 2 heterocycles. The topological polar surface area (TPSA) is 167 Å². The fraction of sp³-hybridized carbons (Fsp3) is 0.0833. The smallest absolute Gasteiger partial charge is 0.162 e. The van der Waals surface area contributed by atoms with Gasteiger partial charge in [-0.15, -0.1) is 0 Å². The maximum atomic E-state index is 9.59. The minimum Gasteiger partial charge on any atom is -0.493 e. The monoisotopic (exact) mass is 830 g/mol. The first kappa shape index (κ1) is 42.4. The van der Waals surface area contributed by atoms with Crippen LogP contribution >= 0.6 is 11.6 Å². The number of rotatable bonds is 10. The van der Waals surface area contributed by atoms with Crippen molar-refractivity contribution >= 4 is 50.5 Å². The lowest BCUT2D eigenvalue weighted by Gasteiger charge is -2.14. The summed E-state index contributed by atoms with van der Waals surface area (Å²) in [5.41, 5.74) is 9.89. The van der Waals surface area contributed by atoms with Crippen molar-refractivity contribution in [3.63, 3.8) is 0 Å². The first-order valence-electron chi connectivity index (χ1n) is 18.5. The average Bonchev–Trinajstić information content (AvgIpc) is 3.31. The van der Waals surface area contributed by atoms with Crippen LogP contribution in [0.25, 0.3) is 21.8 Å². The molecule has 8 rings (SSSR count). The van der Waals surface area contributed by atoms with Gasteiger partial charge in [0.2, 0.25) is 0 Å². The van der Waals surface area contributed by atoms with Crippen LogP contribution < -0.4 is 39.5 Å². The maximum Gasteiger partial charge on any atom is 0.162 e. The molecular formula is C48H39ClN6O6. The number of hydrogen-bond acceptors (Lipinski definition) is 12. The number of nitriles is 2. The van der Waals surface area contributed by atoms with Gasteiger partial charge in [0.1, 0.15) is 35.1 Å². The third-order valence-electron chi connectivity index (χ3n) is 8.88. The Kier molecular flexibility index (Phi) is 14.2. The Morgan fingerprint density at radius 3 is 1.41 bits per heavy atom. The van der Waals surface area contributed by atoms with Crippen LogP contribution in [0.2, 0.25) is 5.02 Å². The van der Waals surface area contributed by atoms with E-state index in [0.29, 0.717) is 61.3 Å². The number of methoxy groups -OCH3 is 4. The molecule has 0 aliphatic carbocycles. The molecule has 3 N–H and O–H groups in total. The number of halogens is 1. The molecule has 0 atom stereocenters. The second kappa shape index (κ2) is 20.5. The van der Waals surface area contributed by atoms with Crippen LogP contribution in [0.3, 0.4) is 0 Å².